The van der Waals surface area contributed by atoms with Crippen molar-refractivity contribution in [2.75, 3.05) is 23.7 Å². The number of hydrogen-bond donors (Lipinski definition) is 2. The van der Waals surface area contributed by atoms with Crippen molar-refractivity contribution in [2.24, 2.45) is 0 Å². The van der Waals surface area contributed by atoms with E-state index in [1.54, 1.807) is 0 Å². The van der Waals surface area contributed by atoms with Gasteiger partial charge in [0.1, 0.15) is 6.33 Å². The monoisotopic (exact) mass is 435 g/mol. The molecule has 0 radical (unpaired) electrons. The number of anilines is 2. The van der Waals surface area contributed by atoms with Crippen LogP contribution in [0.25, 0.3) is 0 Å². The molecule has 0 bridgehead atoms. The van der Waals surface area contributed by atoms with Crippen LogP contribution < -0.4 is 10.6 Å². The number of aromatic nitrogens is 2. The van der Waals surface area contributed by atoms with Gasteiger partial charge in [-0.15, -0.1) is 0 Å². The molecular formula is C24H45N5O2. The summed E-state index contributed by atoms with van der Waals surface area (Å²) < 4.78 is 0. The summed E-state index contributed by atoms with van der Waals surface area (Å²) in [5.74, 6) is 0.616. The Labute approximate surface area is 189 Å². The lowest BCUT2D eigenvalue weighted by Crippen LogP contribution is -2.11. The number of nitro groups is 1. The molecule has 0 amide bonds. The van der Waals surface area contributed by atoms with Crippen LogP contribution in [0.3, 0.4) is 0 Å². The van der Waals surface area contributed by atoms with E-state index in [1.165, 1.54) is 83.4 Å². The van der Waals surface area contributed by atoms with E-state index < -0.39 is 4.92 Å². The zero-order valence-corrected chi connectivity index (χ0v) is 20.0. The summed E-state index contributed by atoms with van der Waals surface area (Å²) in [7, 11) is 0. The molecule has 7 heteroatoms. The number of nitrogens with one attached hydrogen (secondary N) is 2. The molecule has 31 heavy (non-hydrogen) atoms. The lowest BCUT2D eigenvalue weighted by Gasteiger charge is -2.09. The van der Waals surface area contributed by atoms with Crippen LogP contribution in [0, 0.1) is 10.1 Å². The minimum absolute atomic E-state index is 0.0519. The summed E-state index contributed by atoms with van der Waals surface area (Å²) in [6.45, 7) is 5.72. The first-order valence-corrected chi connectivity index (χ1v) is 12.7. The quantitative estimate of drug-likeness (QED) is 0.118. The molecule has 7 nitrogen and oxygen atoms in total. The van der Waals surface area contributed by atoms with Gasteiger partial charge in [0.05, 0.1) is 4.92 Å². The standard InChI is InChI=1S/C24H45N5O2/c1-3-5-7-8-9-10-11-12-13-14-15-16-17-18-20-26-24-22(29(30)31)23(27-21-28-24)25-19-6-4-2/h21H,3-20H2,1-2H3,(H2,25,26,27,28). The van der Waals surface area contributed by atoms with Crippen molar-refractivity contribution in [3.63, 3.8) is 0 Å². The highest BCUT2D eigenvalue weighted by Crippen LogP contribution is 2.28. The van der Waals surface area contributed by atoms with Gasteiger partial charge >= 0.3 is 5.69 Å². The van der Waals surface area contributed by atoms with Crippen LogP contribution in [0.1, 0.15) is 117 Å². The minimum Gasteiger partial charge on any atom is -0.364 e. The zero-order chi connectivity index (χ0) is 22.6. The van der Waals surface area contributed by atoms with Crippen molar-refractivity contribution >= 4 is 17.3 Å². The van der Waals surface area contributed by atoms with E-state index in [1.807, 2.05) is 0 Å². The highest BCUT2D eigenvalue weighted by atomic mass is 16.6. The maximum Gasteiger partial charge on any atom is 0.353 e. The Balaban J connectivity index is 2.10. The Bertz CT molecular complexity index is 583. The van der Waals surface area contributed by atoms with Crippen LogP contribution in [0.4, 0.5) is 17.3 Å². The van der Waals surface area contributed by atoms with Crippen LogP contribution in [0.15, 0.2) is 6.33 Å². The largest absolute Gasteiger partial charge is 0.364 e. The van der Waals surface area contributed by atoms with E-state index >= 15 is 0 Å². The molecule has 0 aliphatic rings. The molecule has 0 saturated heterocycles. The van der Waals surface area contributed by atoms with Gasteiger partial charge in [0, 0.05) is 13.1 Å². The molecule has 0 spiro atoms. The SMILES string of the molecule is CCCCCCCCCCCCCCCCNc1ncnc(NCCCC)c1[N+](=O)[O-]. The Morgan fingerprint density at radius 1 is 0.677 bits per heavy atom. The Kier molecular flexibility index (Phi) is 16.5. The fraction of sp³-hybridized carbons (Fsp3) is 0.833. The summed E-state index contributed by atoms with van der Waals surface area (Å²) in [6.07, 6.45) is 21.8. The summed E-state index contributed by atoms with van der Waals surface area (Å²) in [6, 6.07) is 0. The van der Waals surface area contributed by atoms with Crippen molar-refractivity contribution < 1.29 is 4.92 Å². The number of unbranched alkanes of at least 4 members (excludes halogenated alkanes) is 14. The zero-order valence-electron chi connectivity index (χ0n) is 20.0. The summed E-state index contributed by atoms with van der Waals surface area (Å²) in [4.78, 5) is 19.2. The van der Waals surface area contributed by atoms with Gasteiger partial charge in [-0.3, -0.25) is 10.1 Å². The molecule has 1 rings (SSSR count). The topological polar surface area (TPSA) is 93.0 Å². The summed E-state index contributed by atoms with van der Waals surface area (Å²) in [5, 5.41) is 17.7. The van der Waals surface area contributed by atoms with Crippen molar-refractivity contribution in [3.8, 4) is 0 Å². The van der Waals surface area contributed by atoms with Gasteiger partial charge in [-0.1, -0.05) is 104 Å². The Morgan fingerprint density at radius 3 is 1.48 bits per heavy atom. The average molecular weight is 436 g/mol. The van der Waals surface area contributed by atoms with Gasteiger partial charge < -0.3 is 10.6 Å². The van der Waals surface area contributed by atoms with E-state index in [2.05, 4.69) is 34.4 Å². The summed E-state index contributed by atoms with van der Waals surface area (Å²) >= 11 is 0. The molecule has 0 atom stereocenters. The van der Waals surface area contributed by atoms with Gasteiger partial charge in [-0.25, -0.2) is 9.97 Å². The predicted octanol–water partition coefficient (Wildman–Crippen LogP) is 7.49. The number of nitrogens with zero attached hydrogens (tertiary/aromatic N) is 3. The van der Waals surface area contributed by atoms with Crippen molar-refractivity contribution in [3.05, 3.63) is 16.4 Å². The maximum absolute atomic E-state index is 11.5. The van der Waals surface area contributed by atoms with Gasteiger partial charge in [0.25, 0.3) is 0 Å². The van der Waals surface area contributed by atoms with Crippen LogP contribution in [-0.4, -0.2) is 28.0 Å². The second-order valence-corrected chi connectivity index (χ2v) is 8.48. The smallest absolute Gasteiger partial charge is 0.353 e. The third-order valence-electron chi connectivity index (χ3n) is 5.65. The molecule has 0 fully saturated rings. The van der Waals surface area contributed by atoms with Crippen molar-refractivity contribution in [1.29, 1.82) is 0 Å². The van der Waals surface area contributed by atoms with Gasteiger partial charge in [0.2, 0.25) is 11.6 Å². The van der Waals surface area contributed by atoms with Crippen LogP contribution >= 0.6 is 0 Å². The summed E-state index contributed by atoms with van der Waals surface area (Å²) in [5.41, 5.74) is -0.0519. The Morgan fingerprint density at radius 2 is 1.06 bits per heavy atom. The van der Waals surface area contributed by atoms with Crippen molar-refractivity contribution in [2.45, 2.75) is 117 Å². The Hall–Kier alpha value is -1.92. The molecule has 0 aliphatic carbocycles. The van der Waals surface area contributed by atoms with Gasteiger partial charge in [-0.2, -0.15) is 0 Å². The van der Waals surface area contributed by atoms with E-state index in [-0.39, 0.29) is 5.69 Å². The fourth-order valence-corrected chi connectivity index (χ4v) is 3.72. The maximum atomic E-state index is 11.5. The lowest BCUT2D eigenvalue weighted by atomic mass is 10.0. The van der Waals surface area contributed by atoms with E-state index in [0.717, 1.165) is 25.7 Å². The highest BCUT2D eigenvalue weighted by Gasteiger charge is 2.22. The normalized spacial score (nSPS) is 10.9. The fourth-order valence-electron chi connectivity index (χ4n) is 3.72. The molecule has 1 aromatic heterocycles. The number of rotatable bonds is 21. The van der Waals surface area contributed by atoms with Crippen LogP contribution in [0.5, 0.6) is 0 Å². The molecule has 0 aromatic carbocycles. The molecule has 0 aliphatic heterocycles. The van der Waals surface area contributed by atoms with Crippen LogP contribution in [-0.2, 0) is 0 Å². The first-order valence-electron chi connectivity index (χ1n) is 12.7. The van der Waals surface area contributed by atoms with Gasteiger partial charge in [-0.05, 0) is 12.8 Å². The van der Waals surface area contributed by atoms with E-state index in [9.17, 15) is 10.1 Å². The van der Waals surface area contributed by atoms with Crippen LogP contribution in [0.2, 0.25) is 0 Å². The third kappa shape index (κ3) is 13.2. The lowest BCUT2D eigenvalue weighted by molar-refractivity contribution is -0.383. The molecule has 2 N–H and O–H groups in total. The second kappa shape index (κ2) is 18.8. The minimum atomic E-state index is -0.401. The third-order valence-corrected chi connectivity index (χ3v) is 5.65. The van der Waals surface area contributed by atoms with E-state index in [0.29, 0.717) is 24.7 Å². The molecule has 178 valence electrons. The average Bonchev–Trinajstić information content (AvgIpc) is 2.76. The first-order chi connectivity index (χ1) is 15.2. The molecule has 1 aromatic rings. The van der Waals surface area contributed by atoms with E-state index in [4.69, 9.17) is 0 Å². The molecule has 0 saturated carbocycles. The second-order valence-electron chi connectivity index (χ2n) is 8.48. The highest BCUT2D eigenvalue weighted by molar-refractivity contribution is 5.69. The first kappa shape index (κ1) is 27.1. The predicted molar refractivity (Wildman–Crippen MR) is 131 cm³/mol. The molecular weight excluding hydrogens is 390 g/mol. The molecule has 1 heterocycles. The molecule has 0 unspecified atom stereocenters. The van der Waals surface area contributed by atoms with Crippen molar-refractivity contribution in [1.82, 2.24) is 9.97 Å². The number of hydrogen-bond acceptors (Lipinski definition) is 6. The van der Waals surface area contributed by atoms with Gasteiger partial charge in [0.15, 0.2) is 0 Å².